The van der Waals surface area contributed by atoms with Gasteiger partial charge in [-0.3, -0.25) is 19.6 Å². The van der Waals surface area contributed by atoms with Crippen LogP contribution in [0.5, 0.6) is 0 Å². The van der Waals surface area contributed by atoms with Crippen LogP contribution >= 0.6 is 0 Å². The highest BCUT2D eigenvalue weighted by molar-refractivity contribution is 7.86. The number of amides is 2. The van der Waals surface area contributed by atoms with Crippen LogP contribution in [0.25, 0.3) is 11.1 Å². The number of nitrogens with one attached hydrogen (secondary N) is 1. The van der Waals surface area contributed by atoms with Crippen molar-refractivity contribution in [1.82, 2.24) is 5.32 Å². The Morgan fingerprint density at radius 1 is 1.16 bits per heavy atom. The van der Waals surface area contributed by atoms with E-state index in [0.29, 0.717) is 18.8 Å². The largest absolute Gasteiger partial charge is 0.336 e. The molecule has 1 aliphatic rings. The van der Waals surface area contributed by atoms with Crippen molar-refractivity contribution < 1.29 is 22.7 Å². The van der Waals surface area contributed by atoms with E-state index in [1.807, 2.05) is 0 Å². The molecule has 0 aliphatic carbocycles. The zero-order valence-electron chi connectivity index (χ0n) is 12.7. The van der Waals surface area contributed by atoms with Crippen LogP contribution in [0.2, 0.25) is 0 Å². The van der Waals surface area contributed by atoms with Gasteiger partial charge in [0.25, 0.3) is 15.8 Å². The smallest absolute Gasteiger partial charge is 0.321 e. The fourth-order valence-corrected chi connectivity index (χ4v) is 3.39. The molecule has 1 fully saturated rings. The molecule has 2 amide bonds. The summed E-state index contributed by atoms with van der Waals surface area (Å²) in [6.07, 6.45) is 0. The molecule has 0 saturated carbocycles. The Labute approximate surface area is 142 Å². The van der Waals surface area contributed by atoms with Gasteiger partial charge < -0.3 is 5.32 Å². The number of carbonyl (C=O) groups is 1. The standard InChI is InChI=1S/C15H13N3O6S/c19-15-16-7-8-17(15)10-5-6-14(25(22,23)24)12(9-10)11-3-1-2-4-13(11)18(20)21/h1-6,9H,7-8H2,(H,16,19)(H,22,23,24). The normalized spacial score (nSPS) is 14.4. The van der Waals surface area contributed by atoms with Gasteiger partial charge in [-0.05, 0) is 24.3 Å². The third-order valence-electron chi connectivity index (χ3n) is 3.80. The summed E-state index contributed by atoms with van der Waals surface area (Å²) in [5.41, 5.74) is 0.0413. The predicted octanol–water partition coefficient (Wildman–Crippen LogP) is 2.04. The van der Waals surface area contributed by atoms with Crippen molar-refractivity contribution >= 4 is 27.5 Å². The second-order valence-electron chi connectivity index (χ2n) is 5.31. The van der Waals surface area contributed by atoms with E-state index in [9.17, 15) is 27.9 Å². The van der Waals surface area contributed by atoms with Gasteiger partial charge in [-0.25, -0.2) is 4.79 Å². The highest BCUT2D eigenvalue weighted by Gasteiger charge is 2.26. The lowest BCUT2D eigenvalue weighted by molar-refractivity contribution is -0.384. The van der Waals surface area contributed by atoms with Crippen molar-refractivity contribution in [2.75, 3.05) is 18.0 Å². The fraction of sp³-hybridized carbons (Fsp3) is 0.133. The van der Waals surface area contributed by atoms with Crippen LogP contribution in [-0.4, -0.2) is 37.0 Å². The summed E-state index contributed by atoms with van der Waals surface area (Å²) in [5, 5.41) is 13.9. The van der Waals surface area contributed by atoms with Crippen LogP contribution in [0.1, 0.15) is 0 Å². The summed E-state index contributed by atoms with van der Waals surface area (Å²) >= 11 is 0. The third-order valence-corrected chi connectivity index (χ3v) is 4.71. The highest BCUT2D eigenvalue weighted by Crippen LogP contribution is 2.36. The van der Waals surface area contributed by atoms with Gasteiger partial charge in [0.05, 0.1) is 10.5 Å². The maximum Gasteiger partial charge on any atom is 0.321 e. The van der Waals surface area contributed by atoms with E-state index in [0.717, 1.165) is 6.07 Å². The minimum absolute atomic E-state index is 0.0292. The quantitative estimate of drug-likeness (QED) is 0.486. The Morgan fingerprint density at radius 3 is 2.48 bits per heavy atom. The van der Waals surface area contributed by atoms with Gasteiger partial charge in [-0.15, -0.1) is 0 Å². The van der Waals surface area contributed by atoms with Gasteiger partial charge in [-0.2, -0.15) is 8.42 Å². The number of benzene rings is 2. The van der Waals surface area contributed by atoms with Gasteiger partial charge in [0.2, 0.25) is 0 Å². The van der Waals surface area contributed by atoms with E-state index in [1.54, 1.807) is 0 Å². The Kier molecular flexibility index (Phi) is 4.15. The fourth-order valence-electron chi connectivity index (χ4n) is 2.70. The second-order valence-corrected chi connectivity index (χ2v) is 6.70. The molecule has 1 saturated heterocycles. The van der Waals surface area contributed by atoms with E-state index < -0.39 is 19.9 Å². The van der Waals surface area contributed by atoms with E-state index in [4.69, 9.17) is 0 Å². The first-order valence-corrected chi connectivity index (χ1v) is 8.64. The van der Waals surface area contributed by atoms with Crippen LogP contribution in [0.4, 0.5) is 16.2 Å². The molecule has 9 nitrogen and oxygen atoms in total. The number of nitrogens with zero attached hydrogens (tertiary/aromatic N) is 2. The lowest BCUT2D eigenvalue weighted by atomic mass is 10.0. The molecule has 1 aliphatic heterocycles. The minimum atomic E-state index is -4.62. The average Bonchev–Trinajstić information content (AvgIpc) is 2.99. The molecular weight excluding hydrogens is 350 g/mol. The van der Waals surface area contributed by atoms with Gasteiger partial charge >= 0.3 is 6.03 Å². The van der Waals surface area contributed by atoms with Crippen LogP contribution in [0, 0.1) is 10.1 Å². The van der Waals surface area contributed by atoms with Crippen LogP contribution in [0.15, 0.2) is 47.4 Å². The summed E-state index contributed by atoms with van der Waals surface area (Å²) in [4.78, 5) is 23.4. The van der Waals surface area contributed by atoms with Gasteiger partial charge in [-0.1, -0.05) is 12.1 Å². The molecule has 2 aromatic rings. The summed E-state index contributed by atoms with van der Waals surface area (Å²) in [5.74, 6) is 0. The number of urea groups is 1. The first kappa shape index (κ1) is 16.9. The molecule has 0 atom stereocenters. The molecule has 2 aromatic carbocycles. The molecule has 0 spiro atoms. The Morgan fingerprint density at radius 2 is 1.88 bits per heavy atom. The molecule has 1 heterocycles. The lowest BCUT2D eigenvalue weighted by Gasteiger charge is -2.17. The SMILES string of the molecule is O=C1NCCN1c1ccc(S(=O)(=O)O)c(-c2ccccc2[N+](=O)[O-])c1. The summed E-state index contributed by atoms with van der Waals surface area (Å²) in [6.45, 7) is 0.806. The summed E-state index contributed by atoms with van der Waals surface area (Å²) in [7, 11) is -4.62. The van der Waals surface area contributed by atoms with Gasteiger partial charge in [0, 0.05) is 30.4 Å². The summed E-state index contributed by atoms with van der Waals surface area (Å²) in [6, 6.07) is 9.07. The first-order chi connectivity index (χ1) is 11.8. The van der Waals surface area contributed by atoms with E-state index in [-0.39, 0.29) is 22.8 Å². The number of hydrogen-bond donors (Lipinski definition) is 2. The van der Waals surface area contributed by atoms with Crippen molar-refractivity contribution in [2.24, 2.45) is 0 Å². The Hall–Kier alpha value is -2.98. The lowest BCUT2D eigenvalue weighted by Crippen LogP contribution is -2.27. The topological polar surface area (TPSA) is 130 Å². The predicted molar refractivity (Wildman–Crippen MR) is 89.1 cm³/mol. The third kappa shape index (κ3) is 3.16. The number of hydrogen-bond acceptors (Lipinski definition) is 5. The van der Waals surface area contributed by atoms with Gasteiger partial charge in [0.15, 0.2) is 0 Å². The van der Waals surface area contributed by atoms with Crippen molar-refractivity contribution in [1.29, 1.82) is 0 Å². The molecule has 10 heteroatoms. The molecule has 0 unspecified atom stereocenters. The van der Waals surface area contributed by atoms with Crippen LogP contribution < -0.4 is 10.2 Å². The number of carbonyl (C=O) groups excluding carboxylic acids is 1. The zero-order valence-corrected chi connectivity index (χ0v) is 13.6. The number of anilines is 1. The Balaban J connectivity index is 2.26. The number of rotatable bonds is 4. The molecule has 3 rings (SSSR count). The first-order valence-electron chi connectivity index (χ1n) is 7.20. The maximum atomic E-state index is 11.8. The monoisotopic (exact) mass is 363 g/mol. The molecule has 0 bridgehead atoms. The molecular formula is C15H13N3O6S. The highest BCUT2D eigenvalue weighted by atomic mass is 32.2. The summed E-state index contributed by atoms with van der Waals surface area (Å²) < 4.78 is 32.9. The van der Waals surface area contributed by atoms with E-state index >= 15 is 0 Å². The number of nitro benzene ring substituents is 1. The van der Waals surface area contributed by atoms with Crippen molar-refractivity contribution in [3.05, 3.63) is 52.6 Å². The van der Waals surface area contributed by atoms with E-state index in [2.05, 4.69) is 5.32 Å². The van der Waals surface area contributed by atoms with Crippen LogP contribution in [-0.2, 0) is 10.1 Å². The average molecular weight is 363 g/mol. The number of para-hydroxylation sites is 1. The molecule has 130 valence electrons. The second kappa shape index (κ2) is 6.15. The van der Waals surface area contributed by atoms with Crippen LogP contribution in [0.3, 0.4) is 0 Å². The molecule has 0 radical (unpaired) electrons. The number of nitro groups is 1. The zero-order chi connectivity index (χ0) is 18.2. The molecule has 0 aromatic heterocycles. The molecule has 2 N–H and O–H groups in total. The van der Waals surface area contributed by atoms with Crippen molar-refractivity contribution in [3.8, 4) is 11.1 Å². The maximum absolute atomic E-state index is 11.8. The Bertz CT molecular complexity index is 973. The van der Waals surface area contributed by atoms with Crippen molar-refractivity contribution in [3.63, 3.8) is 0 Å². The van der Waals surface area contributed by atoms with Crippen molar-refractivity contribution in [2.45, 2.75) is 4.90 Å². The van der Waals surface area contributed by atoms with Gasteiger partial charge in [0.1, 0.15) is 4.90 Å². The minimum Gasteiger partial charge on any atom is -0.336 e. The van der Waals surface area contributed by atoms with E-state index in [1.165, 1.54) is 41.3 Å². The molecule has 25 heavy (non-hydrogen) atoms.